The van der Waals surface area contributed by atoms with Gasteiger partial charge in [0, 0.05) is 5.41 Å². The van der Waals surface area contributed by atoms with Crippen LogP contribution in [0.3, 0.4) is 0 Å². The lowest BCUT2D eigenvalue weighted by molar-refractivity contribution is -0.194. The number of benzene rings is 1. The van der Waals surface area contributed by atoms with Gasteiger partial charge in [-0.15, -0.1) is 0 Å². The van der Waals surface area contributed by atoms with Crippen LogP contribution >= 0.6 is 0 Å². The van der Waals surface area contributed by atoms with Crippen LogP contribution in [-0.4, -0.2) is 30.0 Å². The van der Waals surface area contributed by atoms with Gasteiger partial charge < -0.3 is 9.84 Å². The number of allylic oxidation sites excluding steroid dienone is 2. The van der Waals surface area contributed by atoms with E-state index in [4.69, 9.17) is 4.74 Å². The molecule has 37 heavy (non-hydrogen) atoms. The zero-order valence-corrected chi connectivity index (χ0v) is 22.6. The summed E-state index contributed by atoms with van der Waals surface area (Å²) in [6.07, 6.45) is 7.47. The number of carbonyl (C=O) groups excluding carboxylic acids is 2. The molecule has 7 rings (SSSR count). The molecule has 1 N–H and O–H groups in total. The van der Waals surface area contributed by atoms with Crippen molar-refractivity contribution in [1.82, 2.24) is 0 Å². The molecule has 1 aromatic rings. The van der Waals surface area contributed by atoms with Crippen molar-refractivity contribution in [1.29, 1.82) is 0 Å². The minimum atomic E-state index is -0.736. The molecular weight excluding hydrogens is 466 g/mol. The summed E-state index contributed by atoms with van der Waals surface area (Å²) >= 11 is 0. The van der Waals surface area contributed by atoms with Crippen LogP contribution in [0.1, 0.15) is 66.2 Å². The monoisotopic (exact) mass is 505 g/mol. The van der Waals surface area contributed by atoms with E-state index in [-0.39, 0.29) is 46.8 Å². The zero-order chi connectivity index (χ0) is 26.5. The topological polar surface area (TPSA) is 83.9 Å². The van der Waals surface area contributed by atoms with Crippen molar-refractivity contribution in [3.8, 4) is 5.75 Å². The van der Waals surface area contributed by atoms with Crippen LogP contribution in [0.15, 0.2) is 35.9 Å². The third-order valence-electron chi connectivity index (χ3n) is 11.5. The first-order valence-corrected chi connectivity index (χ1v) is 14.0. The van der Waals surface area contributed by atoms with Gasteiger partial charge in [0.2, 0.25) is 11.8 Å². The number of methoxy groups -OCH3 is 1. The minimum Gasteiger partial charge on any atom is -0.497 e. The molecule has 1 heterocycles. The molecule has 8 atom stereocenters. The Kier molecular flexibility index (Phi) is 5.30. The number of hydrogen-bond acceptors (Lipinski definition) is 4. The van der Waals surface area contributed by atoms with Crippen molar-refractivity contribution in [2.24, 2.45) is 51.8 Å². The van der Waals surface area contributed by atoms with Crippen molar-refractivity contribution in [3.63, 3.8) is 0 Å². The Morgan fingerprint density at radius 1 is 1.05 bits per heavy atom. The van der Waals surface area contributed by atoms with E-state index in [9.17, 15) is 19.5 Å². The van der Waals surface area contributed by atoms with Gasteiger partial charge in [0.25, 0.3) is 0 Å². The van der Waals surface area contributed by atoms with Gasteiger partial charge in [-0.2, -0.15) is 0 Å². The summed E-state index contributed by atoms with van der Waals surface area (Å²) in [4.78, 5) is 42.3. The van der Waals surface area contributed by atoms with Gasteiger partial charge in [0.15, 0.2) is 0 Å². The molecule has 2 amide bonds. The van der Waals surface area contributed by atoms with Crippen molar-refractivity contribution >= 4 is 23.5 Å². The summed E-state index contributed by atoms with van der Waals surface area (Å²) in [6.45, 7) is 8.66. The third-order valence-corrected chi connectivity index (χ3v) is 11.5. The summed E-state index contributed by atoms with van der Waals surface area (Å²) in [5.74, 6) is -0.213. The fourth-order valence-corrected chi connectivity index (χ4v) is 9.94. The average molecular weight is 506 g/mol. The Morgan fingerprint density at radius 3 is 2.38 bits per heavy atom. The predicted octanol–water partition coefficient (Wildman–Crippen LogP) is 5.71. The van der Waals surface area contributed by atoms with E-state index < -0.39 is 16.8 Å². The maximum atomic E-state index is 14.3. The van der Waals surface area contributed by atoms with Gasteiger partial charge >= 0.3 is 5.97 Å². The Hall–Kier alpha value is -2.63. The molecule has 5 aliphatic carbocycles. The molecule has 1 aliphatic heterocycles. The van der Waals surface area contributed by atoms with Gasteiger partial charge in [-0.3, -0.25) is 19.3 Å². The number of rotatable bonds is 4. The zero-order valence-electron chi connectivity index (χ0n) is 22.6. The Balaban J connectivity index is 1.47. The highest BCUT2D eigenvalue weighted by Gasteiger charge is 2.73. The van der Waals surface area contributed by atoms with Gasteiger partial charge in [-0.05, 0) is 92.4 Å². The number of hydrogen-bond donors (Lipinski definition) is 1. The molecule has 6 heteroatoms. The summed E-state index contributed by atoms with van der Waals surface area (Å²) in [6, 6.07) is 7.20. The van der Waals surface area contributed by atoms with Gasteiger partial charge in [-0.25, -0.2) is 0 Å². The lowest BCUT2D eigenvalue weighted by Gasteiger charge is -2.68. The summed E-state index contributed by atoms with van der Waals surface area (Å²) < 4.78 is 5.29. The van der Waals surface area contributed by atoms with Crippen LogP contribution in [-0.2, 0) is 14.4 Å². The highest BCUT2D eigenvalue weighted by Crippen LogP contribution is 2.74. The maximum Gasteiger partial charge on any atom is 0.309 e. The lowest BCUT2D eigenvalue weighted by atomic mass is 9.34. The highest BCUT2D eigenvalue weighted by molar-refractivity contribution is 6.23. The third kappa shape index (κ3) is 3.01. The first-order chi connectivity index (χ1) is 17.5. The van der Waals surface area contributed by atoms with Crippen molar-refractivity contribution in [2.45, 2.75) is 66.2 Å². The smallest absolute Gasteiger partial charge is 0.309 e. The van der Waals surface area contributed by atoms with E-state index in [2.05, 4.69) is 26.8 Å². The SMILES string of the molecule is COc1ccc(N2C(=O)[C@@H]3[C@@H]4C[C@H]5[C@@]6(C)CCC[C@@](C)(C(=O)O)[C@@H]6CC[C@@]5(C=C4C(C)C)[C@@H]3C2=O)cc1. The van der Waals surface area contributed by atoms with Crippen molar-refractivity contribution in [3.05, 3.63) is 35.9 Å². The van der Waals surface area contributed by atoms with E-state index in [1.807, 2.05) is 6.92 Å². The molecule has 2 bridgehead atoms. The molecule has 0 aromatic heterocycles. The Labute approximate surface area is 219 Å². The molecule has 6 aliphatic rings. The number of carboxylic acid groups (broad SMARTS) is 1. The number of amides is 2. The first-order valence-electron chi connectivity index (χ1n) is 14.0. The van der Waals surface area contributed by atoms with E-state index in [1.54, 1.807) is 31.4 Å². The van der Waals surface area contributed by atoms with Gasteiger partial charge in [0.1, 0.15) is 5.75 Å². The maximum absolute atomic E-state index is 14.3. The summed E-state index contributed by atoms with van der Waals surface area (Å²) in [7, 11) is 1.60. The second-order valence-corrected chi connectivity index (χ2v) is 13.2. The van der Waals surface area contributed by atoms with E-state index in [1.165, 1.54) is 10.5 Å². The lowest BCUT2D eigenvalue weighted by Crippen LogP contribution is -2.65. The van der Waals surface area contributed by atoms with Crippen LogP contribution in [0.2, 0.25) is 0 Å². The fraction of sp³-hybridized carbons (Fsp3) is 0.645. The highest BCUT2D eigenvalue weighted by atomic mass is 16.5. The number of ether oxygens (including phenoxy) is 1. The van der Waals surface area contributed by atoms with Crippen LogP contribution in [0.4, 0.5) is 5.69 Å². The second kappa shape index (κ2) is 7.94. The minimum absolute atomic E-state index is 0.0326. The molecule has 1 aromatic carbocycles. The first kappa shape index (κ1) is 24.7. The molecule has 3 saturated carbocycles. The Morgan fingerprint density at radius 2 is 1.76 bits per heavy atom. The van der Waals surface area contributed by atoms with Crippen LogP contribution in [0, 0.1) is 51.8 Å². The van der Waals surface area contributed by atoms with Crippen LogP contribution in [0.25, 0.3) is 0 Å². The number of nitrogens with zero attached hydrogens (tertiary/aromatic N) is 1. The van der Waals surface area contributed by atoms with Gasteiger partial charge in [-0.1, -0.05) is 38.8 Å². The quantitative estimate of drug-likeness (QED) is 0.419. The molecule has 0 radical (unpaired) electrons. The largest absolute Gasteiger partial charge is 0.497 e. The van der Waals surface area contributed by atoms with E-state index in [0.29, 0.717) is 23.8 Å². The number of carboxylic acids is 1. The molecule has 4 fully saturated rings. The molecule has 0 unspecified atom stereocenters. The number of fused-ring (bicyclic) bond motifs is 1. The second-order valence-electron chi connectivity index (χ2n) is 13.2. The molecule has 1 saturated heterocycles. The van der Waals surface area contributed by atoms with E-state index in [0.717, 1.165) is 32.1 Å². The summed E-state index contributed by atoms with van der Waals surface area (Å²) in [5, 5.41) is 10.3. The number of aliphatic carboxylic acids is 1. The normalized spacial score (nSPS) is 42.3. The molecule has 6 nitrogen and oxygen atoms in total. The molecule has 198 valence electrons. The predicted molar refractivity (Wildman–Crippen MR) is 140 cm³/mol. The van der Waals surface area contributed by atoms with Crippen molar-refractivity contribution < 1.29 is 24.2 Å². The van der Waals surface area contributed by atoms with Crippen LogP contribution in [0.5, 0.6) is 5.75 Å². The van der Waals surface area contributed by atoms with Crippen molar-refractivity contribution in [2.75, 3.05) is 12.0 Å². The fourth-order valence-electron chi connectivity index (χ4n) is 9.94. The molecular formula is C31H39NO5. The number of imide groups is 1. The van der Waals surface area contributed by atoms with Crippen LogP contribution < -0.4 is 9.64 Å². The van der Waals surface area contributed by atoms with Gasteiger partial charge in [0.05, 0.1) is 30.0 Å². The standard InChI is InChI=1S/C31H39NO5/c1-17(2)21-16-31-14-11-22-29(3,12-6-13-30(22,4)28(35)36)23(31)15-20(21)24-25(31)27(34)32(26(24)33)18-7-9-19(37-5)10-8-18/h7-10,16-17,20,22-25H,6,11-15H2,1-5H3,(H,35,36)/t20-,22-,23+,24-,25+,29+,30-,31+/m1/s1. The van der Waals surface area contributed by atoms with E-state index >= 15 is 0 Å². The molecule has 1 spiro atoms. The Bertz CT molecular complexity index is 1200. The average Bonchev–Trinajstić information content (AvgIpc) is 3.15. The summed E-state index contributed by atoms with van der Waals surface area (Å²) in [5.41, 5.74) is 0.645. The number of anilines is 1. The number of carbonyl (C=O) groups is 3.